The summed E-state index contributed by atoms with van der Waals surface area (Å²) in [4.78, 5) is 0.278. The van der Waals surface area contributed by atoms with Crippen LogP contribution in [0.3, 0.4) is 0 Å². The number of nitrogens with two attached hydrogens (primary N) is 1. The molecule has 0 saturated carbocycles. The van der Waals surface area contributed by atoms with Crippen molar-refractivity contribution < 1.29 is 8.42 Å². The monoisotopic (exact) mass is 316 g/mol. The topological polar surface area (TPSA) is 63.4 Å². The number of nitrogen functional groups attached to an aromatic ring is 1. The lowest BCUT2D eigenvalue weighted by molar-refractivity contribution is 0.246. The van der Waals surface area contributed by atoms with Crippen LogP contribution in [0.4, 0.5) is 5.69 Å². The quantitative estimate of drug-likeness (QED) is 0.871. The molecular formula is C14H21ClN2O2S. The number of hydrogen-bond acceptors (Lipinski definition) is 3. The highest BCUT2D eigenvalue weighted by molar-refractivity contribution is 7.89. The summed E-state index contributed by atoms with van der Waals surface area (Å²) in [6, 6.07) is 3.19. The molecule has 1 saturated heterocycles. The molecule has 1 aromatic rings. The Morgan fingerprint density at radius 1 is 1.40 bits per heavy atom. The van der Waals surface area contributed by atoms with Crippen molar-refractivity contribution in [2.24, 2.45) is 0 Å². The van der Waals surface area contributed by atoms with Crippen LogP contribution in [0.1, 0.15) is 38.2 Å². The Bertz CT molecular complexity index is 601. The molecule has 0 bridgehead atoms. The number of hydrogen-bond donors (Lipinski definition) is 1. The van der Waals surface area contributed by atoms with Crippen LogP contribution in [0, 0.1) is 6.92 Å². The van der Waals surface area contributed by atoms with E-state index < -0.39 is 10.0 Å². The summed E-state index contributed by atoms with van der Waals surface area (Å²) < 4.78 is 27.4. The molecule has 1 aromatic carbocycles. The van der Waals surface area contributed by atoms with E-state index in [2.05, 4.69) is 0 Å². The van der Waals surface area contributed by atoms with Crippen LogP contribution in [0.15, 0.2) is 17.0 Å². The standard InChI is InChI=1S/C14H21ClN2O2S/c1-3-11-6-4-5-7-17(11)20(18,19)14-9-13(16)12(15)8-10(14)2/h8-9,11H,3-7,16H2,1-2H3. The number of piperidine rings is 1. The van der Waals surface area contributed by atoms with Crippen LogP contribution >= 0.6 is 11.6 Å². The molecule has 112 valence electrons. The number of rotatable bonds is 3. The number of nitrogens with zero attached hydrogens (tertiary/aromatic N) is 1. The van der Waals surface area contributed by atoms with E-state index in [0.29, 0.717) is 22.8 Å². The van der Waals surface area contributed by atoms with E-state index in [1.165, 1.54) is 6.07 Å². The number of aryl methyl sites for hydroxylation is 1. The third-order valence-corrected chi connectivity index (χ3v) is 6.35. The lowest BCUT2D eigenvalue weighted by Crippen LogP contribution is -2.43. The molecule has 1 heterocycles. The second-order valence-corrected chi connectivity index (χ2v) is 7.58. The van der Waals surface area contributed by atoms with Crippen molar-refractivity contribution in [1.82, 2.24) is 4.31 Å². The van der Waals surface area contributed by atoms with Gasteiger partial charge in [0.2, 0.25) is 10.0 Å². The molecule has 0 spiro atoms. The molecule has 0 aliphatic carbocycles. The van der Waals surface area contributed by atoms with Crippen molar-refractivity contribution in [3.63, 3.8) is 0 Å². The van der Waals surface area contributed by atoms with E-state index >= 15 is 0 Å². The van der Waals surface area contributed by atoms with Crippen LogP contribution in [0.25, 0.3) is 0 Å². The Morgan fingerprint density at radius 3 is 2.75 bits per heavy atom. The Hall–Kier alpha value is -0.780. The molecule has 4 nitrogen and oxygen atoms in total. The highest BCUT2D eigenvalue weighted by Crippen LogP contribution is 2.32. The lowest BCUT2D eigenvalue weighted by Gasteiger charge is -2.34. The summed E-state index contributed by atoms with van der Waals surface area (Å²) in [6.07, 6.45) is 3.77. The molecule has 6 heteroatoms. The molecule has 20 heavy (non-hydrogen) atoms. The SMILES string of the molecule is CCC1CCCCN1S(=O)(=O)c1cc(N)c(Cl)cc1C. The summed E-state index contributed by atoms with van der Waals surface area (Å²) in [7, 11) is -3.50. The normalized spacial score (nSPS) is 21.1. The largest absolute Gasteiger partial charge is 0.397 e. The van der Waals surface area contributed by atoms with E-state index in [1.807, 2.05) is 6.92 Å². The summed E-state index contributed by atoms with van der Waals surface area (Å²) in [5.74, 6) is 0. The van der Waals surface area contributed by atoms with Gasteiger partial charge in [-0.1, -0.05) is 24.9 Å². The van der Waals surface area contributed by atoms with Crippen LogP contribution in [0.2, 0.25) is 5.02 Å². The molecular weight excluding hydrogens is 296 g/mol. The fraction of sp³-hybridized carbons (Fsp3) is 0.571. The minimum Gasteiger partial charge on any atom is -0.397 e. The molecule has 1 atom stereocenters. The summed E-state index contributed by atoms with van der Waals surface area (Å²) in [5, 5.41) is 0.395. The van der Waals surface area contributed by atoms with E-state index in [0.717, 1.165) is 25.7 Å². The fourth-order valence-electron chi connectivity index (χ4n) is 2.77. The van der Waals surface area contributed by atoms with Gasteiger partial charge >= 0.3 is 0 Å². The van der Waals surface area contributed by atoms with Gasteiger partial charge in [-0.15, -0.1) is 0 Å². The van der Waals surface area contributed by atoms with E-state index in [-0.39, 0.29) is 10.9 Å². The van der Waals surface area contributed by atoms with Gasteiger partial charge in [0.05, 0.1) is 15.6 Å². The minimum atomic E-state index is -3.50. The van der Waals surface area contributed by atoms with E-state index in [4.69, 9.17) is 17.3 Å². The van der Waals surface area contributed by atoms with Crippen molar-refractivity contribution in [3.8, 4) is 0 Å². The fourth-order valence-corrected chi connectivity index (χ4v) is 5.00. The van der Waals surface area contributed by atoms with Crippen LogP contribution in [-0.2, 0) is 10.0 Å². The first-order chi connectivity index (χ1) is 9.37. The average molecular weight is 317 g/mol. The van der Waals surface area contributed by atoms with Gasteiger partial charge in [-0.2, -0.15) is 4.31 Å². The zero-order valence-corrected chi connectivity index (χ0v) is 13.5. The number of benzene rings is 1. The average Bonchev–Trinajstić information content (AvgIpc) is 2.42. The summed E-state index contributed by atoms with van der Waals surface area (Å²) >= 11 is 5.94. The number of halogens is 1. The Labute approximate surface area is 126 Å². The van der Waals surface area contributed by atoms with Crippen molar-refractivity contribution in [2.75, 3.05) is 12.3 Å². The molecule has 0 radical (unpaired) electrons. The number of anilines is 1. The zero-order chi connectivity index (χ0) is 14.9. The van der Waals surface area contributed by atoms with Crippen molar-refractivity contribution >= 4 is 27.3 Å². The first kappa shape index (κ1) is 15.6. The van der Waals surface area contributed by atoms with Gasteiger partial charge in [0.25, 0.3) is 0 Å². The Morgan fingerprint density at radius 2 is 2.10 bits per heavy atom. The first-order valence-electron chi connectivity index (χ1n) is 6.95. The Kier molecular flexibility index (Phi) is 4.62. The lowest BCUT2D eigenvalue weighted by atomic mass is 10.0. The third kappa shape index (κ3) is 2.80. The first-order valence-corrected chi connectivity index (χ1v) is 8.77. The second-order valence-electron chi connectivity index (χ2n) is 5.31. The van der Waals surface area contributed by atoms with Crippen LogP contribution in [0.5, 0.6) is 0 Å². The maximum Gasteiger partial charge on any atom is 0.243 e. The van der Waals surface area contributed by atoms with Crippen molar-refractivity contribution in [1.29, 1.82) is 0 Å². The summed E-state index contributed by atoms with van der Waals surface area (Å²) in [6.45, 7) is 4.37. The van der Waals surface area contributed by atoms with Crippen molar-refractivity contribution in [3.05, 3.63) is 22.7 Å². The highest BCUT2D eigenvalue weighted by atomic mass is 35.5. The molecule has 2 rings (SSSR count). The Balaban J connectivity index is 2.46. The van der Waals surface area contributed by atoms with Crippen LogP contribution in [-0.4, -0.2) is 25.3 Å². The van der Waals surface area contributed by atoms with Gasteiger partial charge in [-0.05, 0) is 43.9 Å². The van der Waals surface area contributed by atoms with Gasteiger partial charge in [0, 0.05) is 12.6 Å². The molecule has 0 amide bonds. The van der Waals surface area contributed by atoms with Gasteiger partial charge in [-0.3, -0.25) is 0 Å². The zero-order valence-electron chi connectivity index (χ0n) is 11.9. The third-order valence-electron chi connectivity index (χ3n) is 3.93. The minimum absolute atomic E-state index is 0.0880. The number of sulfonamides is 1. The van der Waals surface area contributed by atoms with Crippen LogP contribution < -0.4 is 5.73 Å². The van der Waals surface area contributed by atoms with E-state index in [9.17, 15) is 8.42 Å². The van der Waals surface area contributed by atoms with E-state index in [1.54, 1.807) is 17.3 Å². The van der Waals surface area contributed by atoms with Gasteiger partial charge < -0.3 is 5.73 Å². The molecule has 1 aliphatic heterocycles. The predicted octanol–water partition coefficient (Wildman–Crippen LogP) is 3.18. The van der Waals surface area contributed by atoms with Gasteiger partial charge in [-0.25, -0.2) is 8.42 Å². The molecule has 1 aliphatic rings. The molecule has 0 aromatic heterocycles. The predicted molar refractivity (Wildman–Crippen MR) is 82.4 cm³/mol. The molecule has 2 N–H and O–H groups in total. The maximum atomic E-state index is 12.9. The molecule has 1 unspecified atom stereocenters. The smallest absolute Gasteiger partial charge is 0.243 e. The highest BCUT2D eigenvalue weighted by Gasteiger charge is 2.33. The van der Waals surface area contributed by atoms with Gasteiger partial charge in [0.15, 0.2) is 0 Å². The van der Waals surface area contributed by atoms with Gasteiger partial charge in [0.1, 0.15) is 0 Å². The summed E-state index contributed by atoms with van der Waals surface area (Å²) in [5.41, 5.74) is 6.72. The molecule has 1 fully saturated rings. The second kappa shape index (κ2) is 5.92. The maximum absolute atomic E-state index is 12.9. The van der Waals surface area contributed by atoms with Crippen molar-refractivity contribution in [2.45, 2.75) is 50.5 Å².